The Morgan fingerprint density at radius 1 is 1.19 bits per heavy atom. The van der Waals surface area contributed by atoms with Gasteiger partial charge >= 0.3 is 0 Å². The molecule has 0 aliphatic rings. The first kappa shape index (κ1) is 15.6. The van der Waals surface area contributed by atoms with Crippen molar-refractivity contribution in [2.24, 2.45) is 0 Å². The van der Waals surface area contributed by atoms with Crippen LogP contribution in [-0.4, -0.2) is 16.9 Å². The SMILES string of the molecule is CC(C)NC(=O)c1cc(Nc2cc(Cl)ccc2Cl)ccn1. The molecule has 0 saturated carbocycles. The molecule has 0 aliphatic carbocycles. The van der Waals surface area contributed by atoms with Gasteiger partial charge in [0.25, 0.3) is 5.91 Å². The van der Waals surface area contributed by atoms with Crippen molar-refractivity contribution in [3.8, 4) is 0 Å². The summed E-state index contributed by atoms with van der Waals surface area (Å²) in [6, 6.07) is 8.61. The predicted octanol–water partition coefficient (Wildman–Crippen LogP) is 4.27. The number of aromatic nitrogens is 1. The van der Waals surface area contributed by atoms with Gasteiger partial charge in [0.2, 0.25) is 0 Å². The molecule has 0 fully saturated rings. The number of carbonyl (C=O) groups is 1. The van der Waals surface area contributed by atoms with Crippen LogP contribution >= 0.6 is 23.2 Å². The van der Waals surface area contributed by atoms with Crippen LogP contribution in [0.1, 0.15) is 24.3 Å². The normalized spacial score (nSPS) is 10.5. The molecule has 1 aromatic carbocycles. The van der Waals surface area contributed by atoms with E-state index in [1.165, 1.54) is 0 Å². The van der Waals surface area contributed by atoms with E-state index in [0.29, 0.717) is 27.1 Å². The highest BCUT2D eigenvalue weighted by molar-refractivity contribution is 6.35. The minimum absolute atomic E-state index is 0.0540. The Balaban J connectivity index is 2.21. The molecule has 110 valence electrons. The van der Waals surface area contributed by atoms with Crippen molar-refractivity contribution >= 4 is 40.5 Å². The highest BCUT2D eigenvalue weighted by atomic mass is 35.5. The molecule has 0 bridgehead atoms. The number of anilines is 2. The summed E-state index contributed by atoms with van der Waals surface area (Å²) in [7, 11) is 0. The van der Waals surface area contributed by atoms with Crippen LogP contribution in [0.5, 0.6) is 0 Å². The smallest absolute Gasteiger partial charge is 0.270 e. The number of rotatable bonds is 4. The summed E-state index contributed by atoms with van der Waals surface area (Å²) < 4.78 is 0. The largest absolute Gasteiger partial charge is 0.354 e. The van der Waals surface area contributed by atoms with Crippen molar-refractivity contribution in [1.82, 2.24) is 10.3 Å². The maximum Gasteiger partial charge on any atom is 0.270 e. The Bertz CT molecular complexity index is 659. The van der Waals surface area contributed by atoms with Crippen LogP contribution in [-0.2, 0) is 0 Å². The molecule has 0 atom stereocenters. The minimum Gasteiger partial charge on any atom is -0.354 e. The lowest BCUT2D eigenvalue weighted by atomic mass is 10.2. The van der Waals surface area contributed by atoms with Gasteiger partial charge in [-0.25, -0.2) is 0 Å². The fourth-order valence-electron chi connectivity index (χ4n) is 1.72. The van der Waals surface area contributed by atoms with E-state index < -0.39 is 0 Å². The first-order valence-corrected chi connectivity index (χ1v) is 7.20. The molecule has 2 rings (SSSR count). The Morgan fingerprint density at radius 2 is 1.95 bits per heavy atom. The zero-order chi connectivity index (χ0) is 15.4. The summed E-state index contributed by atoms with van der Waals surface area (Å²) in [6.07, 6.45) is 1.57. The molecule has 6 heteroatoms. The predicted molar refractivity (Wildman–Crippen MR) is 86.6 cm³/mol. The third kappa shape index (κ3) is 4.34. The summed E-state index contributed by atoms with van der Waals surface area (Å²) >= 11 is 12.0. The van der Waals surface area contributed by atoms with E-state index in [1.807, 2.05) is 13.8 Å². The zero-order valence-corrected chi connectivity index (χ0v) is 13.2. The topological polar surface area (TPSA) is 54.0 Å². The summed E-state index contributed by atoms with van der Waals surface area (Å²) in [6.45, 7) is 3.79. The molecule has 2 N–H and O–H groups in total. The van der Waals surface area contributed by atoms with Gasteiger partial charge in [-0.3, -0.25) is 9.78 Å². The average molecular weight is 324 g/mol. The van der Waals surface area contributed by atoms with Gasteiger partial charge in [-0.1, -0.05) is 23.2 Å². The molecular weight excluding hydrogens is 309 g/mol. The van der Waals surface area contributed by atoms with Crippen LogP contribution in [0.25, 0.3) is 0 Å². The number of benzene rings is 1. The van der Waals surface area contributed by atoms with Gasteiger partial charge in [0.15, 0.2) is 0 Å². The lowest BCUT2D eigenvalue weighted by Crippen LogP contribution is -2.30. The molecule has 0 saturated heterocycles. The van der Waals surface area contributed by atoms with Crippen LogP contribution in [0.3, 0.4) is 0 Å². The summed E-state index contributed by atoms with van der Waals surface area (Å²) in [5, 5.41) is 7.04. The highest BCUT2D eigenvalue weighted by Gasteiger charge is 2.10. The third-order valence-corrected chi connectivity index (χ3v) is 3.18. The Hall–Kier alpha value is -1.78. The number of nitrogens with one attached hydrogen (secondary N) is 2. The maximum atomic E-state index is 11.9. The van der Waals surface area contributed by atoms with Crippen molar-refractivity contribution in [2.75, 3.05) is 5.32 Å². The van der Waals surface area contributed by atoms with Crippen LogP contribution in [0.15, 0.2) is 36.5 Å². The van der Waals surface area contributed by atoms with Gasteiger partial charge in [0, 0.05) is 22.9 Å². The standard InChI is InChI=1S/C15H15Cl2N3O/c1-9(2)19-15(21)14-8-11(5-6-18-14)20-13-7-10(16)3-4-12(13)17/h3-9H,1-2H3,(H,18,20)(H,19,21). The second-order valence-corrected chi connectivity index (χ2v) is 5.65. The summed E-state index contributed by atoms with van der Waals surface area (Å²) in [5.74, 6) is -0.217. The number of hydrogen-bond donors (Lipinski definition) is 2. The summed E-state index contributed by atoms with van der Waals surface area (Å²) in [5.41, 5.74) is 1.72. The zero-order valence-electron chi connectivity index (χ0n) is 11.7. The second-order valence-electron chi connectivity index (χ2n) is 4.81. The Labute approximate surface area is 133 Å². The van der Waals surface area contributed by atoms with Crippen LogP contribution in [0.2, 0.25) is 10.0 Å². The lowest BCUT2D eigenvalue weighted by Gasteiger charge is -2.11. The number of carbonyl (C=O) groups excluding carboxylic acids is 1. The first-order valence-electron chi connectivity index (χ1n) is 6.44. The number of nitrogens with zero attached hydrogens (tertiary/aromatic N) is 1. The van der Waals surface area contributed by atoms with E-state index in [9.17, 15) is 4.79 Å². The van der Waals surface area contributed by atoms with Gasteiger partial charge in [-0.2, -0.15) is 0 Å². The first-order chi connectivity index (χ1) is 9.95. The highest BCUT2D eigenvalue weighted by Crippen LogP contribution is 2.28. The number of pyridine rings is 1. The molecule has 4 nitrogen and oxygen atoms in total. The van der Waals surface area contributed by atoms with Crippen LogP contribution < -0.4 is 10.6 Å². The molecule has 0 radical (unpaired) electrons. The second kappa shape index (κ2) is 6.78. The maximum absolute atomic E-state index is 11.9. The quantitative estimate of drug-likeness (QED) is 0.883. The fraction of sp³-hybridized carbons (Fsp3) is 0.200. The van der Waals surface area contributed by atoms with E-state index >= 15 is 0 Å². The number of halogens is 2. The molecule has 1 aromatic heterocycles. The number of hydrogen-bond acceptors (Lipinski definition) is 3. The van der Waals surface area contributed by atoms with Crippen LogP contribution in [0, 0.1) is 0 Å². The average Bonchev–Trinajstić information content (AvgIpc) is 2.42. The van der Waals surface area contributed by atoms with Gasteiger partial charge in [-0.15, -0.1) is 0 Å². The van der Waals surface area contributed by atoms with Crippen molar-refractivity contribution in [1.29, 1.82) is 0 Å². The molecule has 0 spiro atoms. The molecule has 1 amide bonds. The van der Waals surface area contributed by atoms with E-state index in [-0.39, 0.29) is 11.9 Å². The molecule has 1 heterocycles. The van der Waals surface area contributed by atoms with E-state index in [4.69, 9.17) is 23.2 Å². The van der Waals surface area contributed by atoms with Crippen LogP contribution in [0.4, 0.5) is 11.4 Å². The lowest BCUT2D eigenvalue weighted by molar-refractivity contribution is 0.0938. The van der Waals surface area contributed by atoms with E-state index in [0.717, 1.165) is 0 Å². The molecule has 2 aromatic rings. The van der Waals surface area contributed by atoms with Gasteiger partial charge in [-0.05, 0) is 44.2 Å². The summed E-state index contributed by atoms with van der Waals surface area (Å²) in [4.78, 5) is 16.0. The van der Waals surface area contributed by atoms with Crippen molar-refractivity contribution in [2.45, 2.75) is 19.9 Å². The van der Waals surface area contributed by atoms with E-state index in [2.05, 4.69) is 15.6 Å². The molecule has 21 heavy (non-hydrogen) atoms. The van der Waals surface area contributed by atoms with E-state index in [1.54, 1.807) is 36.5 Å². The number of amides is 1. The minimum atomic E-state index is -0.217. The van der Waals surface area contributed by atoms with Crippen molar-refractivity contribution < 1.29 is 4.79 Å². The van der Waals surface area contributed by atoms with Gasteiger partial charge in [0.05, 0.1) is 10.7 Å². The molecular formula is C15H15Cl2N3O. The molecule has 0 aliphatic heterocycles. The van der Waals surface area contributed by atoms with Gasteiger partial charge in [0.1, 0.15) is 5.69 Å². The Morgan fingerprint density at radius 3 is 2.67 bits per heavy atom. The third-order valence-electron chi connectivity index (χ3n) is 2.62. The molecule has 0 unspecified atom stereocenters. The monoisotopic (exact) mass is 323 g/mol. The van der Waals surface area contributed by atoms with Gasteiger partial charge < -0.3 is 10.6 Å². The fourth-order valence-corrected chi connectivity index (χ4v) is 2.05. The Kier molecular flexibility index (Phi) is 5.04. The van der Waals surface area contributed by atoms with Crippen molar-refractivity contribution in [3.63, 3.8) is 0 Å². The van der Waals surface area contributed by atoms with Crippen molar-refractivity contribution in [3.05, 3.63) is 52.3 Å².